The van der Waals surface area contributed by atoms with Gasteiger partial charge in [0, 0.05) is 19.2 Å². The number of methoxy groups -OCH3 is 1. The second kappa shape index (κ2) is 9.80. The number of nitrogens with zero attached hydrogens (tertiary/aromatic N) is 2. The van der Waals surface area contributed by atoms with E-state index < -0.39 is 11.7 Å². The van der Waals surface area contributed by atoms with Crippen LogP contribution in [0.25, 0.3) is 0 Å². The number of hydrogen-bond donors (Lipinski definition) is 2. The zero-order chi connectivity index (χ0) is 22.4. The summed E-state index contributed by atoms with van der Waals surface area (Å²) in [6.07, 6.45) is 1.70. The van der Waals surface area contributed by atoms with Crippen LogP contribution in [0, 0.1) is 19.7 Å². The summed E-state index contributed by atoms with van der Waals surface area (Å²) in [5, 5.41) is 5.36. The average molecular weight is 422 g/mol. The highest BCUT2D eigenvalue weighted by Gasteiger charge is 2.17. The normalized spacial score (nSPS) is 10.5. The van der Waals surface area contributed by atoms with E-state index >= 15 is 0 Å². The van der Waals surface area contributed by atoms with Crippen molar-refractivity contribution in [3.8, 4) is 5.75 Å². The van der Waals surface area contributed by atoms with E-state index in [1.54, 1.807) is 25.1 Å². The van der Waals surface area contributed by atoms with E-state index in [2.05, 4.69) is 20.6 Å². The molecule has 31 heavy (non-hydrogen) atoms. The van der Waals surface area contributed by atoms with Gasteiger partial charge in [0.25, 0.3) is 11.8 Å². The molecule has 0 unspecified atom stereocenters. The molecule has 0 aliphatic rings. The van der Waals surface area contributed by atoms with Crippen molar-refractivity contribution >= 4 is 17.5 Å². The van der Waals surface area contributed by atoms with E-state index in [0.29, 0.717) is 29.3 Å². The van der Waals surface area contributed by atoms with Crippen molar-refractivity contribution in [3.63, 3.8) is 0 Å². The first kappa shape index (κ1) is 21.9. The molecule has 3 rings (SSSR count). The molecule has 7 nitrogen and oxygen atoms in total. The highest BCUT2D eigenvalue weighted by atomic mass is 19.1. The smallest absolute Gasteiger partial charge is 0.259 e. The number of benzene rings is 2. The number of rotatable bonds is 7. The van der Waals surface area contributed by atoms with Crippen LogP contribution < -0.4 is 15.4 Å². The van der Waals surface area contributed by atoms with E-state index in [9.17, 15) is 14.0 Å². The fourth-order valence-corrected chi connectivity index (χ4v) is 3.14. The first-order valence-electron chi connectivity index (χ1n) is 9.71. The Morgan fingerprint density at radius 2 is 1.81 bits per heavy atom. The van der Waals surface area contributed by atoms with Gasteiger partial charge in [-0.2, -0.15) is 0 Å². The maximum absolute atomic E-state index is 13.9. The first-order valence-corrected chi connectivity index (χ1v) is 9.71. The summed E-state index contributed by atoms with van der Waals surface area (Å²) in [4.78, 5) is 33.7. The van der Waals surface area contributed by atoms with Crippen LogP contribution in [0.2, 0.25) is 0 Å². The molecule has 0 spiro atoms. The molecule has 3 aromatic rings. The summed E-state index contributed by atoms with van der Waals surface area (Å²) >= 11 is 0. The van der Waals surface area contributed by atoms with Crippen molar-refractivity contribution in [2.45, 2.75) is 20.3 Å². The molecule has 0 aliphatic heterocycles. The average Bonchev–Trinajstić information content (AvgIpc) is 2.75. The number of carbonyl (C=O) groups is 2. The molecule has 0 fully saturated rings. The van der Waals surface area contributed by atoms with Crippen LogP contribution in [0.3, 0.4) is 0 Å². The van der Waals surface area contributed by atoms with Gasteiger partial charge in [0.1, 0.15) is 17.4 Å². The van der Waals surface area contributed by atoms with Gasteiger partial charge in [-0.15, -0.1) is 0 Å². The van der Waals surface area contributed by atoms with Gasteiger partial charge in [-0.3, -0.25) is 9.59 Å². The van der Waals surface area contributed by atoms with Gasteiger partial charge >= 0.3 is 0 Å². The van der Waals surface area contributed by atoms with Crippen molar-refractivity contribution in [1.29, 1.82) is 0 Å². The Morgan fingerprint density at radius 1 is 1.03 bits per heavy atom. The van der Waals surface area contributed by atoms with Gasteiger partial charge in [-0.25, -0.2) is 14.4 Å². The third kappa shape index (κ3) is 5.22. The summed E-state index contributed by atoms with van der Waals surface area (Å²) < 4.78 is 19.2. The molecule has 0 saturated heterocycles. The van der Waals surface area contributed by atoms with Crippen molar-refractivity contribution < 1.29 is 18.7 Å². The predicted octanol–water partition coefficient (Wildman–Crippen LogP) is 3.47. The molecule has 0 atom stereocenters. The molecule has 1 heterocycles. The molecular formula is C23H23FN4O3. The van der Waals surface area contributed by atoms with Gasteiger partial charge in [0.15, 0.2) is 0 Å². The Bertz CT molecular complexity index is 1120. The summed E-state index contributed by atoms with van der Waals surface area (Å²) in [5.41, 5.74) is 2.03. The van der Waals surface area contributed by atoms with Crippen LogP contribution in [-0.2, 0) is 6.42 Å². The van der Waals surface area contributed by atoms with Gasteiger partial charge in [0.05, 0.1) is 29.6 Å². The maximum Gasteiger partial charge on any atom is 0.259 e. The number of aromatic nitrogens is 2. The molecule has 0 saturated carbocycles. The highest BCUT2D eigenvalue weighted by Crippen LogP contribution is 2.22. The molecule has 0 radical (unpaired) electrons. The summed E-state index contributed by atoms with van der Waals surface area (Å²) in [6, 6.07) is 11.2. The third-order valence-corrected chi connectivity index (χ3v) is 4.66. The minimum atomic E-state index is -0.537. The number of carbonyl (C=O) groups excluding carboxylic acids is 2. The number of halogens is 1. The number of hydrogen-bond acceptors (Lipinski definition) is 5. The highest BCUT2D eigenvalue weighted by molar-refractivity contribution is 6.05. The standard InChI is InChI=1S/C23H23FN4O3/c1-14-7-6-8-16(21(14)31-3)22(29)25-12-11-19-17(13-26-15(2)27-19)23(30)28-20-10-5-4-9-18(20)24/h4-10,13H,11-12H2,1-3H3,(H,25,29)(H,28,30). The lowest BCUT2D eigenvalue weighted by atomic mass is 10.1. The molecule has 160 valence electrons. The van der Waals surface area contributed by atoms with Crippen LogP contribution in [0.5, 0.6) is 5.75 Å². The largest absolute Gasteiger partial charge is 0.496 e. The van der Waals surface area contributed by atoms with Crippen LogP contribution in [0.1, 0.15) is 37.8 Å². The van der Waals surface area contributed by atoms with Crippen LogP contribution in [0.4, 0.5) is 10.1 Å². The summed E-state index contributed by atoms with van der Waals surface area (Å²) in [5.74, 6) is -0.341. The Morgan fingerprint density at radius 3 is 2.55 bits per heavy atom. The number of anilines is 1. The number of nitrogens with one attached hydrogen (secondary N) is 2. The van der Waals surface area contributed by atoms with Crippen LogP contribution in [0.15, 0.2) is 48.7 Å². The van der Waals surface area contributed by atoms with Crippen molar-refractivity contribution in [3.05, 3.63) is 82.7 Å². The fourth-order valence-electron chi connectivity index (χ4n) is 3.14. The van der Waals surface area contributed by atoms with Gasteiger partial charge in [-0.05, 0) is 37.6 Å². The Balaban J connectivity index is 1.72. The molecule has 2 N–H and O–H groups in total. The fraction of sp³-hybridized carbons (Fsp3) is 0.217. The zero-order valence-corrected chi connectivity index (χ0v) is 17.5. The molecule has 2 amide bonds. The second-order valence-corrected chi connectivity index (χ2v) is 6.87. The van der Waals surface area contributed by atoms with E-state index in [-0.39, 0.29) is 23.7 Å². The lowest BCUT2D eigenvalue weighted by molar-refractivity contribution is 0.0950. The number of para-hydroxylation sites is 2. The molecule has 1 aromatic heterocycles. The summed E-state index contributed by atoms with van der Waals surface area (Å²) in [7, 11) is 1.52. The number of amides is 2. The zero-order valence-electron chi connectivity index (χ0n) is 17.5. The number of aryl methyl sites for hydroxylation is 2. The molecule has 0 aliphatic carbocycles. The van der Waals surface area contributed by atoms with E-state index in [1.807, 2.05) is 13.0 Å². The SMILES string of the molecule is COc1c(C)cccc1C(=O)NCCc1nc(C)ncc1C(=O)Nc1ccccc1F. The van der Waals surface area contributed by atoms with Crippen LogP contribution in [-0.4, -0.2) is 35.4 Å². The Kier molecular flexibility index (Phi) is 6.92. The molecule has 8 heteroatoms. The topological polar surface area (TPSA) is 93.2 Å². The van der Waals surface area contributed by atoms with Crippen LogP contribution >= 0.6 is 0 Å². The molecule has 2 aromatic carbocycles. The minimum Gasteiger partial charge on any atom is -0.496 e. The van der Waals surface area contributed by atoms with Gasteiger partial charge in [-0.1, -0.05) is 24.3 Å². The predicted molar refractivity (Wildman–Crippen MR) is 115 cm³/mol. The second-order valence-electron chi connectivity index (χ2n) is 6.87. The Labute approximate surface area is 179 Å². The molecule has 0 bridgehead atoms. The molecular weight excluding hydrogens is 399 g/mol. The summed E-state index contributed by atoms with van der Waals surface area (Å²) in [6.45, 7) is 3.81. The van der Waals surface area contributed by atoms with Crippen molar-refractivity contribution in [2.24, 2.45) is 0 Å². The quantitative estimate of drug-likeness (QED) is 0.608. The van der Waals surface area contributed by atoms with Gasteiger partial charge in [0.2, 0.25) is 0 Å². The van der Waals surface area contributed by atoms with E-state index in [4.69, 9.17) is 4.74 Å². The first-order chi connectivity index (χ1) is 14.9. The van der Waals surface area contributed by atoms with Gasteiger partial charge < -0.3 is 15.4 Å². The lowest BCUT2D eigenvalue weighted by Gasteiger charge is -2.13. The van der Waals surface area contributed by atoms with E-state index in [1.165, 1.54) is 31.5 Å². The minimum absolute atomic E-state index is 0.0684. The Hall–Kier alpha value is -3.81. The van der Waals surface area contributed by atoms with E-state index in [0.717, 1.165) is 5.56 Å². The third-order valence-electron chi connectivity index (χ3n) is 4.66. The lowest BCUT2D eigenvalue weighted by Crippen LogP contribution is -2.27. The van der Waals surface area contributed by atoms with Crippen molar-refractivity contribution in [2.75, 3.05) is 19.0 Å². The monoisotopic (exact) mass is 422 g/mol. The van der Waals surface area contributed by atoms with Crippen molar-refractivity contribution in [1.82, 2.24) is 15.3 Å². The number of ether oxygens (including phenoxy) is 1. The maximum atomic E-state index is 13.9.